The summed E-state index contributed by atoms with van der Waals surface area (Å²) in [5, 5.41) is 12.1. The number of aromatic nitrogens is 1. The van der Waals surface area contributed by atoms with Crippen LogP contribution < -0.4 is 5.32 Å². The lowest BCUT2D eigenvalue weighted by Crippen LogP contribution is -2.61. The third-order valence-corrected chi connectivity index (χ3v) is 8.19. The molecule has 1 unspecified atom stereocenters. The molecular weight excluding hydrogens is 585 g/mol. The third-order valence-electron chi connectivity index (χ3n) is 6.76. The number of aliphatic hydroxyl groups is 1. The Bertz CT molecular complexity index is 1190. The standard InChI is InChI=1S/C26H26BrCl2N3O5/c27-21-22(26(23(21)34)8-2-1-3-9-26)32-19(25(36)37-11-10-33)12-15-4-6-16(7-5-15)31-24(35)20-17(28)13-30-14-18(20)29/h4-7,13-14,19,21,33H,1-3,8-12H2,(H,31,35)/t19-,21?/m0/s1. The maximum absolute atomic E-state index is 12.8. The monoisotopic (exact) mass is 609 g/mol. The van der Waals surface area contributed by atoms with Crippen molar-refractivity contribution in [1.82, 2.24) is 4.98 Å². The Morgan fingerprint density at radius 2 is 1.81 bits per heavy atom. The number of carbonyl (C=O) groups excluding carboxylic acids is 3. The number of halogens is 3. The summed E-state index contributed by atoms with van der Waals surface area (Å²) >= 11 is 15.6. The number of rotatable bonds is 8. The maximum Gasteiger partial charge on any atom is 0.331 e. The molecular formula is C26H26BrCl2N3O5. The number of hydrogen-bond acceptors (Lipinski definition) is 7. The molecule has 4 rings (SSSR count). The molecule has 2 aliphatic rings. The van der Waals surface area contributed by atoms with Crippen molar-refractivity contribution in [3.63, 3.8) is 0 Å². The number of nitrogens with zero attached hydrogens (tertiary/aromatic N) is 2. The highest BCUT2D eigenvalue weighted by atomic mass is 79.9. The van der Waals surface area contributed by atoms with E-state index >= 15 is 0 Å². The average molecular weight is 611 g/mol. The molecule has 1 aromatic carbocycles. The largest absolute Gasteiger partial charge is 0.462 e. The number of hydrogen-bond donors (Lipinski definition) is 2. The summed E-state index contributed by atoms with van der Waals surface area (Å²) in [4.78, 5) is 46.4. The van der Waals surface area contributed by atoms with Gasteiger partial charge in [0.15, 0.2) is 11.8 Å². The Hall–Kier alpha value is -2.33. The molecule has 2 aromatic rings. The van der Waals surface area contributed by atoms with Gasteiger partial charge in [0, 0.05) is 30.2 Å². The highest BCUT2D eigenvalue weighted by Crippen LogP contribution is 2.49. The van der Waals surface area contributed by atoms with E-state index in [1.165, 1.54) is 12.4 Å². The summed E-state index contributed by atoms with van der Waals surface area (Å²) in [6.07, 6.45) is 7.38. The van der Waals surface area contributed by atoms with Crippen molar-refractivity contribution in [2.24, 2.45) is 10.4 Å². The van der Waals surface area contributed by atoms with Crippen LogP contribution in [0.3, 0.4) is 0 Å². The predicted octanol–water partition coefficient (Wildman–Crippen LogP) is 4.83. The third kappa shape index (κ3) is 5.90. The van der Waals surface area contributed by atoms with Crippen molar-refractivity contribution in [2.45, 2.75) is 49.4 Å². The van der Waals surface area contributed by atoms with Gasteiger partial charge in [0.05, 0.1) is 27.6 Å². The Morgan fingerprint density at radius 1 is 1.16 bits per heavy atom. The van der Waals surface area contributed by atoms with Gasteiger partial charge in [0.25, 0.3) is 5.91 Å². The van der Waals surface area contributed by atoms with Gasteiger partial charge in [-0.15, -0.1) is 0 Å². The van der Waals surface area contributed by atoms with Crippen LogP contribution in [-0.2, 0) is 20.7 Å². The van der Waals surface area contributed by atoms with Crippen molar-refractivity contribution in [3.05, 3.63) is 57.8 Å². The molecule has 2 fully saturated rings. The highest BCUT2D eigenvalue weighted by molar-refractivity contribution is 9.10. The molecule has 0 radical (unpaired) electrons. The smallest absolute Gasteiger partial charge is 0.331 e. The minimum Gasteiger partial charge on any atom is -0.462 e. The first-order chi connectivity index (χ1) is 17.8. The second-order valence-corrected chi connectivity index (χ2v) is 10.9. The Morgan fingerprint density at radius 3 is 2.43 bits per heavy atom. The Balaban J connectivity index is 1.52. The van der Waals surface area contributed by atoms with Crippen LogP contribution in [-0.4, -0.2) is 57.5 Å². The number of alkyl halides is 1. The first kappa shape index (κ1) is 27.7. The lowest BCUT2D eigenvalue weighted by atomic mass is 9.58. The van der Waals surface area contributed by atoms with Gasteiger partial charge in [-0.1, -0.05) is 70.5 Å². The molecule has 2 aliphatic carbocycles. The van der Waals surface area contributed by atoms with Crippen molar-refractivity contribution in [3.8, 4) is 0 Å². The Labute approximate surface area is 232 Å². The molecule has 8 nitrogen and oxygen atoms in total. The van der Waals surface area contributed by atoms with Crippen LogP contribution in [0, 0.1) is 5.41 Å². The van der Waals surface area contributed by atoms with Crippen LogP contribution in [0.25, 0.3) is 0 Å². The fourth-order valence-electron chi connectivity index (χ4n) is 4.87. The minimum absolute atomic E-state index is 0.126. The van der Waals surface area contributed by atoms with E-state index in [-0.39, 0.29) is 41.0 Å². The molecule has 37 heavy (non-hydrogen) atoms. The van der Waals surface area contributed by atoms with Crippen molar-refractivity contribution >= 4 is 68.2 Å². The molecule has 2 N–H and O–H groups in total. The van der Waals surface area contributed by atoms with Gasteiger partial charge in [-0.2, -0.15) is 0 Å². The maximum atomic E-state index is 12.8. The topological polar surface area (TPSA) is 118 Å². The van der Waals surface area contributed by atoms with E-state index < -0.39 is 28.2 Å². The lowest BCUT2D eigenvalue weighted by Gasteiger charge is -2.47. The van der Waals surface area contributed by atoms with E-state index in [1.54, 1.807) is 24.3 Å². The molecule has 11 heteroatoms. The number of pyridine rings is 1. The van der Waals surface area contributed by atoms with E-state index in [4.69, 9.17) is 38.0 Å². The molecule has 2 saturated carbocycles. The zero-order valence-corrected chi connectivity index (χ0v) is 23.0. The zero-order valence-electron chi connectivity index (χ0n) is 19.9. The zero-order chi connectivity index (χ0) is 26.6. The van der Waals surface area contributed by atoms with Crippen LogP contribution >= 0.6 is 39.1 Å². The number of aliphatic hydroxyl groups excluding tert-OH is 1. The van der Waals surface area contributed by atoms with Gasteiger partial charge < -0.3 is 15.2 Å². The quantitative estimate of drug-likeness (QED) is 0.327. The van der Waals surface area contributed by atoms with Gasteiger partial charge in [-0.3, -0.25) is 19.6 Å². The van der Waals surface area contributed by atoms with Crippen LogP contribution in [0.5, 0.6) is 0 Å². The van der Waals surface area contributed by atoms with Crippen LogP contribution in [0.15, 0.2) is 41.7 Å². The summed E-state index contributed by atoms with van der Waals surface area (Å²) in [5.74, 6) is -0.911. The van der Waals surface area contributed by atoms with E-state index in [1.807, 2.05) is 0 Å². The number of esters is 1. The van der Waals surface area contributed by atoms with Gasteiger partial charge in [-0.05, 0) is 30.5 Å². The number of ketones is 1. The number of ether oxygens (including phenoxy) is 1. The van der Waals surface area contributed by atoms with Crippen molar-refractivity contribution in [2.75, 3.05) is 18.5 Å². The fourth-order valence-corrected chi connectivity index (χ4v) is 6.40. The van der Waals surface area contributed by atoms with Crippen LogP contribution in [0.1, 0.15) is 48.0 Å². The second kappa shape index (κ2) is 12.0. The molecule has 1 heterocycles. The number of aliphatic imine (C=N–C) groups is 1. The SMILES string of the molecule is O=C(Nc1ccc(C[C@H](N=C2C(Br)C(=O)C23CCCCC3)C(=O)OCCO)cc1)c1c(Cl)cncc1Cl. The van der Waals surface area contributed by atoms with E-state index in [0.29, 0.717) is 11.4 Å². The van der Waals surface area contributed by atoms with Gasteiger partial charge in [-0.25, -0.2) is 4.79 Å². The summed E-state index contributed by atoms with van der Waals surface area (Å²) in [6.45, 7) is -0.425. The number of nitrogens with one attached hydrogen (secondary N) is 1. The van der Waals surface area contributed by atoms with Gasteiger partial charge in [0.1, 0.15) is 11.4 Å². The number of anilines is 1. The molecule has 1 spiro atoms. The summed E-state index contributed by atoms with van der Waals surface area (Å²) in [7, 11) is 0. The van der Waals surface area contributed by atoms with E-state index in [9.17, 15) is 14.4 Å². The molecule has 0 aliphatic heterocycles. The van der Waals surface area contributed by atoms with Gasteiger partial charge in [0.2, 0.25) is 0 Å². The first-order valence-electron chi connectivity index (χ1n) is 12.0. The molecule has 2 atom stereocenters. The predicted molar refractivity (Wildman–Crippen MR) is 145 cm³/mol. The van der Waals surface area contributed by atoms with E-state index in [0.717, 1.165) is 37.7 Å². The summed E-state index contributed by atoms with van der Waals surface area (Å²) in [6, 6.07) is 6.06. The van der Waals surface area contributed by atoms with Crippen molar-refractivity contribution < 1.29 is 24.2 Å². The normalized spacial score (nSPS) is 20.4. The fraction of sp³-hybridized carbons (Fsp3) is 0.423. The summed E-state index contributed by atoms with van der Waals surface area (Å²) in [5.41, 5.74) is 1.53. The van der Waals surface area contributed by atoms with Crippen LogP contribution in [0.2, 0.25) is 10.0 Å². The number of amides is 1. The van der Waals surface area contributed by atoms with Gasteiger partial charge >= 0.3 is 5.97 Å². The first-order valence-corrected chi connectivity index (χ1v) is 13.7. The molecule has 0 bridgehead atoms. The molecule has 0 saturated heterocycles. The lowest BCUT2D eigenvalue weighted by molar-refractivity contribution is -0.146. The van der Waals surface area contributed by atoms with Crippen LogP contribution in [0.4, 0.5) is 5.69 Å². The highest BCUT2D eigenvalue weighted by Gasteiger charge is 2.58. The van der Waals surface area contributed by atoms with Crippen molar-refractivity contribution in [1.29, 1.82) is 0 Å². The summed E-state index contributed by atoms with van der Waals surface area (Å²) < 4.78 is 5.20. The Kier molecular flexibility index (Phi) is 9.00. The second-order valence-electron chi connectivity index (χ2n) is 9.12. The number of Topliss-reactive ketones (excluding diaryl/α,β-unsaturated/α-hetero) is 1. The molecule has 1 aromatic heterocycles. The molecule has 1 amide bonds. The molecule has 196 valence electrons. The number of benzene rings is 1. The average Bonchev–Trinajstić information content (AvgIpc) is 2.90. The van der Waals surface area contributed by atoms with E-state index in [2.05, 4.69) is 26.2 Å². The number of carbonyl (C=O) groups is 3. The minimum atomic E-state index is -0.872.